The number of fused-ring (bicyclic) bond motifs is 1. The Morgan fingerprint density at radius 2 is 2.06 bits per heavy atom. The van der Waals surface area contributed by atoms with Crippen LogP contribution in [-0.4, -0.2) is 15.3 Å². The van der Waals surface area contributed by atoms with Crippen molar-refractivity contribution in [1.29, 1.82) is 0 Å². The molecule has 0 fully saturated rings. The number of unbranched alkanes of at least 4 members (excludes halogenated alkanes) is 1. The summed E-state index contributed by atoms with van der Waals surface area (Å²) in [6.45, 7) is 4.74. The van der Waals surface area contributed by atoms with Crippen LogP contribution in [0.4, 0.5) is 0 Å². The molecule has 0 N–H and O–H groups in total. The number of para-hydroxylation sites is 2. The van der Waals surface area contributed by atoms with Gasteiger partial charge in [-0.3, -0.25) is 0 Å². The first-order valence-corrected chi connectivity index (χ1v) is 6.66. The van der Waals surface area contributed by atoms with Gasteiger partial charge in [0.25, 0.3) is 0 Å². The van der Waals surface area contributed by atoms with Gasteiger partial charge in [0, 0.05) is 19.4 Å². The lowest BCUT2D eigenvalue weighted by atomic mass is 10.2. The number of ketones is 1. The van der Waals surface area contributed by atoms with Crippen molar-refractivity contribution in [2.75, 3.05) is 0 Å². The normalized spacial score (nSPS) is 11.0. The molecule has 1 heterocycles. The monoisotopic (exact) mass is 244 g/mol. The summed E-state index contributed by atoms with van der Waals surface area (Å²) in [6, 6.07) is 8.25. The van der Waals surface area contributed by atoms with Gasteiger partial charge in [-0.25, -0.2) is 4.98 Å². The molecule has 2 aromatic rings. The fourth-order valence-corrected chi connectivity index (χ4v) is 2.29. The van der Waals surface area contributed by atoms with Crippen molar-refractivity contribution >= 4 is 16.8 Å². The first kappa shape index (κ1) is 12.8. The van der Waals surface area contributed by atoms with Gasteiger partial charge in [0.1, 0.15) is 11.6 Å². The van der Waals surface area contributed by atoms with Crippen molar-refractivity contribution in [3.8, 4) is 0 Å². The van der Waals surface area contributed by atoms with Gasteiger partial charge in [0.2, 0.25) is 0 Å². The number of imidazole rings is 1. The molecule has 2 rings (SSSR count). The van der Waals surface area contributed by atoms with E-state index < -0.39 is 0 Å². The number of carbonyl (C=O) groups excluding carboxylic acids is 1. The van der Waals surface area contributed by atoms with Crippen LogP contribution in [0, 0.1) is 0 Å². The number of rotatable bonds is 6. The first-order valence-electron chi connectivity index (χ1n) is 6.66. The zero-order chi connectivity index (χ0) is 13.0. The van der Waals surface area contributed by atoms with E-state index in [1.807, 2.05) is 6.07 Å². The molecule has 0 aliphatic rings. The third-order valence-electron chi connectivity index (χ3n) is 3.21. The largest absolute Gasteiger partial charge is 0.328 e. The van der Waals surface area contributed by atoms with Gasteiger partial charge in [0.15, 0.2) is 0 Å². The van der Waals surface area contributed by atoms with Crippen LogP contribution in [0.2, 0.25) is 0 Å². The molecule has 0 bridgehead atoms. The van der Waals surface area contributed by atoms with Crippen LogP contribution >= 0.6 is 0 Å². The summed E-state index contributed by atoms with van der Waals surface area (Å²) in [5.41, 5.74) is 2.28. The maximum Gasteiger partial charge on any atom is 0.129 e. The lowest BCUT2D eigenvalue weighted by Crippen LogP contribution is -2.03. The van der Waals surface area contributed by atoms with Crippen LogP contribution in [0.3, 0.4) is 0 Å². The Hall–Kier alpha value is -1.64. The van der Waals surface area contributed by atoms with Gasteiger partial charge in [-0.15, -0.1) is 0 Å². The van der Waals surface area contributed by atoms with Gasteiger partial charge < -0.3 is 9.36 Å². The smallest absolute Gasteiger partial charge is 0.129 e. The predicted octanol–water partition coefficient (Wildman–Crippen LogP) is 3.36. The SMILES string of the molecule is CCc1nc2ccccc2n1CCCCC(C)=O. The maximum atomic E-state index is 10.9. The van der Waals surface area contributed by atoms with E-state index in [0.29, 0.717) is 6.42 Å². The molecule has 0 saturated heterocycles. The fraction of sp³-hybridized carbons (Fsp3) is 0.467. The molecule has 3 nitrogen and oxygen atoms in total. The van der Waals surface area contributed by atoms with Gasteiger partial charge in [-0.1, -0.05) is 19.1 Å². The quantitative estimate of drug-likeness (QED) is 0.730. The van der Waals surface area contributed by atoms with Gasteiger partial charge in [-0.2, -0.15) is 0 Å². The minimum absolute atomic E-state index is 0.279. The molecule has 0 spiro atoms. The van der Waals surface area contributed by atoms with Crippen molar-refractivity contribution in [2.45, 2.75) is 46.1 Å². The number of aromatic nitrogens is 2. The molecule has 96 valence electrons. The van der Waals surface area contributed by atoms with Crippen LogP contribution in [0.15, 0.2) is 24.3 Å². The van der Waals surface area contributed by atoms with Crippen molar-refractivity contribution in [2.24, 2.45) is 0 Å². The standard InChI is InChI=1S/C15H20N2O/c1-3-15-16-13-9-4-5-10-14(13)17(15)11-7-6-8-12(2)18/h4-5,9-10H,3,6-8,11H2,1-2H3. The second kappa shape index (κ2) is 5.80. The molecule has 0 aliphatic heterocycles. The highest BCUT2D eigenvalue weighted by Gasteiger charge is 2.08. The number of aryl methyl sites for hydroxylation is 2. The van der Waals surface area contributed by atoms with E-state index in [4.69, 9.17) is 0 Å². The summed E-state index contributed by atoms with van der Waals surface area (Å²) in [5.74, 6) is 1.42. The van der Waals surface area contributed by atoms with Crippen LogP contribution in [0.1, 0.15) is 38.9 Å². The van der Waals surface area contributed by atoms with Gasteiger partial charge in [-0.05, 0) is 31.9 Å². The molecule has 18 heavy (non-hydrogen) atoms. The number of Topliss-reactive ketones (excluding diaryl/α,β-unsaturated/α-hetero) is 1. The predicted molar refractivity (Wildman–Crippen MR) is 73.6 cm³/mol. The highest BCUT2D eigenvalue weighted by atomic mass is 16.1. The number of carbonyl (C=O) groups is 1. The zero-order valence-electron chi connectivity index (χ0n) is 11.1. The zero-order valence-corrected chi connectivity index (χ0v) is 11.1. The Kier molecular flexibility index (Phi) is 4.13. The maximum absolute atomic E-state index is 10.9. The summed E-state index contributed by atoms with van der Waals surface area (Å²) in [4.78, 5) is 15.6. The van der Waals surface area contributed by atoms with Crippen LogP contribution in [0.5, 0.6) is 0 Å². The summed E-state index contributed by atoms with van der Waals surface area (Å²) in [6.07, 6.45) is 3.63. The Balaban J connectivity index is 2.13. The van der Waals surface area contributed by atoms with E-state index in [9.17, 15) is 4.79 Å². The van der Waals surface area contributed by atoms with Crippen molar-refractivity contribution in [3.63, 3.8) is 0 Å². The van der Waals surface area contributed by atoms with Crippen molar-refractivity contribution in [1.82, 2.24) is 9.55 Å². The van der Waals surface area contributed by atoms with Gasteiger partial charge in [0.05, 0.1) is 11.0 Å². The molecular weight excluding hydrogens is 224 g/mol. The molecule has 0 radical (unpaired) electrons. The van der Waals surface area contributed by atoms with E-state index in [1.54, 1.807) is 6.92 Å². The Bertz CT molecular complexity index is 542. The molecule has 0 unspecified atom stereocenters. The summed E-state index contributed by atoms with van der Waals surface area (Å²) in [7, 11) is 0. The Morgan fingerprint density at radius 1 is 1.28 bits per heavy atom. The molecule has 0 amide bonds. The minimum Gasteiger partial charge on any atom is -0.328 e. The van der Waals surface area contributed by atoms with E-state index in [0.717, 1.165) is 37.1 Å². The first-order chi connectivity index (χ1) is 8.72. The number of benzene rings is 1. The van der Waals surface area contributed by atoms with E-state index in [2.05, 4.69) is 34.7 Å². The third kappa shape index (κ3) is 2.78. The molecule has 1 aromatic heterocycles. The molecule has 1 aromatic carbocycles. The van der Waals surface area contributed by atoms with Crippen LogP contribution in [0.25, 0.3) is 11.0 Å². The highest BCUT2D eigenvalue weighted by molar-refractivity contribution is 5.76. The lowest BCUT2D eigenvalue weighted by molar-refractivity contribution is -0.117. The Labute approximate surface area is 108 Å². The number of nitrogens with zero attached hydrogens (tertiary/aromatic N) is 2. The number of hydrogen-bond acceptors (Lipinski definition) is 2. The minimum atomic E-state index is 0.279. The molecule has 0 saturated carbocycles. The van der Waals surface area contributed by atoms with Crippen LogP contribution in [-0.2, 0) is 17.8 Å². The number of hydrogen-bond donors (Lipinski definition) is 0. The van der Waals surface area contributed by atoms with Crippen LogP contribution < -0.4 is 0 Å². The average molecular weight is 244 g/mol. The fourth-order valence-electron chi connectivity index (χ4n) is 2.29. The van der Waals surface area contributed by atoms with E-state index in [1.165, 1.54) is 5.52 Å². The van der Waals surface area contributed by atoms with E-state index in [-0.39, 0.29) is 5.78 Å². The summed E-state index contributed by atoms with van der Waals surface area (Å²) >= 11 is 0. The summed E-state index contributed by atoms with van der Waals surface area (Å²) in [5, 5.41) is 0. The highest BCUT2D eigenvalue weighted by Crippen LogP contribution is 2.17. The second-order valence-electron chi connectivity index (χ2n) is 4.68. The molecular formula is C15H20N2O. The van der Waals surface area contributed by atoms with E-state index >= 15 is 0 Å². The third-order valence-corrected chi connectivity index (χ3v) is 3.21. The van der Waals surface area contributed by atoms with Gasteiger partial charge >= 0.3 is 0 Å². The summed E-state index contributed by atoms with van der Waals surface area (Å²) < 4.78 is 2.29. The topological polar surface area (TPSA) is 34.9 Å². The average Bonchev–Trinajstić information content (AvgIpc) is 2.72. The lowest BCUT2D eigenvalue weighted by Gasteiger charge is -2.07. The van der Waals surface area contributed by atoms with Crippen molar-refractivity contribution < 1.29 is 4.79 Å². The molecule has 0 atom stereocenters. The van der Waals surface area contributed by atoms with Crippen molar-refractivity contribution in [3.05, 3.63) is 30.1 Å². The molecule has 3 heteroatoms. The molecule has 0 aliphatic carbocycles. The Morgan fingerprint density at radius 3 is 2.78 bits per heavy atom. The second-order valence-corrected chi connectivity index (χ2v) is 4.68.